The second-order valence-corrected chi connectivity index (χ2v) is 13.4. The quantitative estimate of drug-likeness (QED) is 0.366. The lowest BCUT2D eigenvalue weighted by atomic mass is 9.63. The van der Waals surface area contributed by atoms with Crippen LogP contribution in [-0.2, 0) is 16.2 Å². The summed E-state index contributed by atoms with van der Waals surface area (Å²) in [6.45, 7) is 8.92. The molecule has 0 saturated heterocycles. The lowest BCUT2D eigenvalue weighted by molar-refractivity contribution is -0.119. The van der Waals surface area contributed by atoms with Gasteiger partial charge in [-0.3, -0.25) is 9.59 Å². The van der Waals surface area contributed by atoms with Crippen LogP contribution in [0.4, 0.5) is 0 Å². The molecule has 1 heterocycles. The monoisotopic (exact) mass is 581 g/mol. The lowest BCUT2D eigenvalue weighted by Gasteiger charge is -2.48. The summed E-state index contributed by atoms with van der Waals surface area (Å²) in [5.74, 6) is 0.359. The molecule has 2 aromatic carbocycles. The Morgan fingerprint density at radius 1 is 0.919 bits per heavy atom. The first-order valence-corrected chi connectivity index (χ1v) is 14.0. The summed E-state index contributed by atoms with van der Waals surface area (Å²) < 4.78 is 7.35. The van der Waals surface area contributed by atoms with Crippen LogP contribution in [0.1, 0.15) is 70.4 Å². The van der Waals surface area contributed by atoms with Gasteiger partial charge >= 0.3 is 0 Å². The van der Waals surface area contributed by atoms with Crippen molar-refractivity contribution in [3.8, 4) is 5.75 Å². The number of ether oxygens (including phenoxy) is 1. The minimum absolute atomic E-state index is 0.101. The van der Waals surface area contributed by atoms with Crippen LogP contribution in [0, 0.1) is 10.8 Å². The molecule has 5 rings (SSSR count). The zero-order valence-electron chi connectivity index (χ0n) is 22.1. The maximum Gasteiger partial charge on any atom is 0.162 e. The molecule has 3 aliphatic rings. The van der Waals surface area contributed by atoms with Gasteiger partial charge in [0.25, 0.3) is 0 Å². The molecule has 194 valence electrons. The number of rotatable bonds is 4. The molecule has 2 aliphatic carbocycles. The molecule has 0 fully saturated rings. The number of ketones is 2. The Kier molecular flexibility index (Phi) is 6.69. The molecule has 4 nitrogen and oxygen atoms in total. The van der Waals surface area contributed by atoms with Gasteiger partial charge in [-0.15, -0.1) is 0 Å². The minimum atomic E-state index is -0.485. The molecule has 0 N–H and O–H groups in total. The van der Waals surface area contributed by atoms with Crippen molar-refractivity contribution in [2.24, 2.45) is 10.8 Å². The van der Waals surface area contributed by atoms with Crippen LogP contribution in [0.5, 0.6) is 5.75 Å². The minimum Gasteiger partial charge on any atom is -0.489 e. The normalized spacial score (nSPS) is 21.2. The van der Waals surface area contributed by atoms with Gasteiger partial charge in [0, 0.05) is 69.0 Å². The van der Waals surface area contributed by atoms with Crippen LogP contribution in [0.2, 0.25) is 5.02 Å². The second kappa shape index (κ2) is 9.43. The van der Waals surface area contributed by atoms with E-state index in [0.29, 0.717) is 30.2 Å². The molecule has 6 heteroatoms. The number of hydrogen-bond acceptors (Lipinski definition) is 4. The van der Waals surface area contributed by atoms with Crippen LogP contribution in [0.3, 0.4) is 0 Å². The Bertz CT molecular complexity index is 1320. The van der Waals surface area contributed by atoms with Gasteiger partial charge in [-0.2, -0.15) is 0 Å². The summed E-state index contributed by atoms with van der Waals surface area (Å²) in [5, 5.41) is 0.554. The second-order valence-electron chi connectivity index (χ2n) is 12.2. The highest BCUT2D eigenvalue weighted by Gasteiger charge is 2.48. The highest BCUT2D eigenvalue weighted by atomic mass is 79.9. The molecule has 0 amide bonds. The number of benzene rings is 2. The van der Waals surface area contributed by atoms with Gasteiger partial charge in [0.1, 0.15) is 12.4 Å². The van der Waals surface area contributed by atoms with Crippen molar-refractivity contribution in [3.05, 3.63) is 85.6 Å². The van der Waals surface area contributed by atoms with Crippen molar-refractivity contribution < 1.29 is 14.3 Å². The summed E-state index contributed by atoms with van der Waals surface area (Å²) in [7, 11) is 2.02. The SMILES string of the molecule is CN1C2=C(C(=O)CC(C)(C)C2)C(c2cc(Cl)ccc2OCc2ccccc2Br)C2=C1CC(C)(C)CC2=O. The number of hydrogen-bond donors (Lipinski definition) is 0. The van der Waals surface area contributed by atoms with E-state index in [1.807, 2.05) is 43.4 Å². The van der Waals surface area contributed by atoms with E-state index in [1.165, 1.54) is 0 Å². The van der Waals surface area contributed by atoms with E-state index in [4.69, 9.17) is 16.3 Å². The zero-order chi connectivity index (χ0) is 26.7. The molecule has 0 aromatic heterocycles. The van der Waals surface area contributed by atoms with Gasteiger partial charge < -0.3 is 9.64 Å². The maximum atomic E-state index is 13.8. The number of halogens is 2. The maximum absolute atomic E-state index is 13.8. The summed E-state index contributed by atoms with van der Waals surface area (Å²) in [5.41, 5.74) is 5.00. The standard InChI is InChI=1S/C31H33BrClNO3/c1-30(2)13-22-28(24(35)15-30)27(29-23(34(22)5)14-31(3,4)16-25(29)36)20-12-19(33)10-11-26(20)37-17-18-8-6-7-9-21(18)32/h6-12,27H,13-17H2,1-5H3. The van der Waals surface area contributed by atoms with Crippen LogP contribution in [0.25, 0.3) is 0 Å². The molecule has 0 bridgehead atoms. The first-order valence-electron chi connectivity index (χ1n) is 12.8. The average Bonchev–Trinajstić information content (AvgIpc) is 2.79. The molecule has 0 atom stereocenters. The van der Waals surface area contributed by atoms with Crippen LogP contribution in [0.15, 0.2) is 69.5 Å². The number of carbonyl (C=O) groups is 2. The van der Waals surface area contributed by atoms with Gasteiger partial charge in [0.2, 0.25) is 0 Å². The molecular weight excluding hydrogens is 550 g/mol. The Labute approximate surface area is 232 Å². The molecule has 0 spiro atoms. The molecular formula is C31H33BrClNO3. The lowest BCUT2D eigenvalue weighted by Crippen LogP contribution is -2.43. The number of allylic oxidation sites excluding steroid dienone is 4. The third-order valence-electron chi connectivity index (χ3n) is 7.80. The Morgan fingerprint density at radius 3 is 2.05 bits per heavy atom. The Morgan fingerprint density at radius 2 is 1.49 bits per heavy atom. The first-order chi connectivity index (χ1) is 17.4. The average molecular weight is 583 g/mol. The van der Waals surface area contributed by atoms with Crippen molar-refractivity contribution in [1.29, 1.82) is 0 Å². The van der Waals surface area contributed by atoms with E-state index in [0.717, 1.165) is 51.0 Å². The molecule has 0 radical (unpaired) electrons. The van der Waals surface area contributed by atoms with Gasteiger partial charge in [-0.25, -0.2) is 0 Å². The summed E-state index contributed by atoms with van der Waals surface area (Å²) in [4.78, 5) is 29.8. The first kappa shape index (κ1) is 26.2. The predicted molar refractivity (Wildman–Crippen MR) is 151 cm³/mol. The highest BCUT2D eigenvalue weighted by Crippen LogP contribution is 2.55. The number of nitrogens with zero attached hydrogens (tertiary/aromatic N) is 1. The van der Waals surface area contributed by atoms with E-state index in [9.17, 15) is 9.59 Å². The highest BCUT2D eigenvalue weighted by molar-refractivity contribution is 9.10. The summed E-state index contributed by atoms with van der Waals surface area (Å²) in [6.07, 6.45) is 2.46. The van der Waals surface area contributed by atoms with E-state index >= 15 is 0 Å². The Hall–Kier alpha value is -2.37. The van der Waals surface area contributed by atoms with E-state index in [1.54, 1.807) is 6.07 Å². The van der Waals surface area contributed by atoms with Gasteiger partial charge in [0.05, 0.1) is 0 Å². The van der Waals surface area contributed by atoms with Gasteiger partial charge in [0.15, 0.2) is 11.6 Å². The van der Waals surface area contributed by atoms with Gasteiger partial charge in [-0.05, 0) is 47.9 Å². The van der Waals surface area contributed by atoms with Crippen LogP contribution >= 0.6 is 27.5 Å². The number of carbonyl (C=O) groups excluding carboxylic acids is 2. The third-order valence-corrected chi connectivity index (χ3v) is 8.81. The van der Waals surface area contributed by atoms with E-state index < -0.39 is 5.92 Å². The summed E-state index contributed by atoms with van der Waals surface area (Å²) >= 11 is 10.1. The smallest absolute Gasteiger partial charge is 0.162 e. The molecule has 37 heavy (non-hydrogen) atoms. The summed E-state index contributed by atoms with van der Waals surface area (Å²) in [6, 6.07) is 13.5. The fraction of sp³-hybridized carbons (Fsp3) is 0.419. The molecule has 0 unspecified atom stereocenters. The van der Waals surface area contributed by atoms with E-state index in [-0.39, 0.29) is 22.4 Å². The fourth-order valence-corrected chi connectivity index (χ4v) is 6.70. The largest absolute Gasteiger partial charge is 0.489 e. The van der Waals surface area contributed by atoms with Crippen molar-refractivity contribution >= 4 is 39.1 Å². The van der Waals surface area contributed by atoms with E-state index in [2.05, 4.69) is 48.5 Å². The van der Waals surface area contributed by atoms with Crippen molar-refractivity contribution in [1.82, 2.24) is 4.90 Å². The molecule has 1 aliphatic heterocycles. The topological polar surface area (TPSA) is 46.6 Å². The van der Waals surface area contributed by atoms with Gasteiger partial charge in [-0.1, -0.05) is 73.4 Å². The van der Waals surface area contributed by atoms with Crippen molar-refractivity contribution in [3.63, 3.8) is 0 Å². The number of Topliss-reactive ketones (excluding diaryl/α,β-unsaturated/α-hetero) is 2. The van der Waals surface area contributed by atoms with Crippen molar-refractivity contribution in [2.75, 3.05) is 7.05 Å². The Balaban J connectivity index is 1.68. The molecule has 2 aromatic rings. The fourth-order valence-electron chi connectivity index (χ4n) is 6.12. The van der Waals surface area contributed by atoms with Crippen LogP contribution in [-0.4, -0.2) is 23.5 Å². The zero-order valence-corrected chi connectivity index (χ0v) is 24.4. The van der Waals surface area contributed by atoms with Crippen LogP contribution < -0.4 is 4.74 Å². The van der Waals surface area contributed by atoms with Crippen molar-refractivity contribution in [2.45, 2.75) is 65.9 Å². The molecule has 0 saturated carbocycles. The predicted octanol–water partition coefficient (Wildman–Crippen LogP) is 8.00. The third kappa shape index (κ3) is 4.93.